The fraction of sp³-hybridized carbons (Fsp3) is 0. The molecule has 2 rings (SSSR count). The second kappa shape index (κ2) is 5.61. The molecule has 0 saturated heterocycles. The van der Waals surface area contributed by atoms with Gasteiger partial charge in [0.25, 0.3) is 0 Å². The van der Waals surface area contributed by atoms with Gasteiger partial charge in [-0.2, -0.15) is 0 Å². The molecular formula is C15H10ClFO. The van der Waals surface area contributed by atoms with E-state index in [0.717, 1.165) is 11.6 Å². The third kappa shape index (κ3) is 3.05. The number of hydrogen-bond donors (Lipinski definition) is 0. The molecule has 18 heavy (non-hydrogen) atoms. The van der Waals surface area contributed by atoms with Crippen LogP contribution >= 0.6 is 11.6 Å². The number of ketones is 1. The van der Waals surface area contributed by atoms with Crippen molar-refractivity contribution in [1.82, 2.24) is 0 Å². The van der Waals surface area contributed by atoms with Crippen molar-refractivity contribution in [3.63, 3.8) is 0 Å². The maximum absolute atomic E-state index is 13.2. The first-order valence-corrected chi connectivity index (χ1v) is 5.77. The van der Waals surface area contributed by atoms with Crippen molar-refractivity contribution in [2.75, 3.05) is 0 Å². The van der Waals surface area contributed by atoms with Gasteiger partial charge in [-0.05, 0) is 29.8 Å². The van der Waals surface area contributed by atoms with Crippen LogP contribution in [0.25, 0.3) is 6.08 Å². The Morgan fingerprint density at radius 2 is 1.83 bits per heavy atom. The molecular weight excluding hydrogens is 251 g/mol. The molecule has 0 aliphatic rings. The molecule has 0 bridgehead atoms. The van der Waals surface area contributed by atoms with Gasteiger partial charge in [0.15, 0.2) is 5.78 Å². The van der Waals surface area contributed by atoms with E-state index in [2.05, 4.69) is 0 Å². The normalized spacial score (nSPS) is 10.8. The fourth-order valence-electron chi connectivity index (χ4n) is 1.48. The molecule has 0 fully saturated rings. The molecule has 0 saturated carbocycles. The number of allylic oxidation sites excluding steroid dienone is 1. The molecule has 2 aromatic rings. The molecule has 0 aliphatic carbocycles. The number of hydrogen-bond acceptors (Lipinski definition) is 1. The third-order valence-electron chi connectivity index (χ3n) is 2.43. The van der Waals surface area contributed by atoms with E-state index in [1.807, 2.05) is 30.3 Å². The molecule has 0 aliphatic heterocycles. The van der Waals surface area contributed by atoms with Gasteiger partial charge in [0.1, 0.15) is 5.82 Å². The summed E-state index contributed by atoms with van der Waals surface area (Å²) in [7, 11) is 0. The third-order valence-corrected chi connectivity index (χ3v) is 2.74. The van der Waals surface area contributed by atoms with Crippen molar-refractivity contribution in [2.45, 2.75) is 0 Å². The molecule has 0 amide bonds. The van der Waals surface area contributed by atoms with Crippen LogP contribution < -0.4 is 0 Å². The second-order valence-electron chi connectivity index (χ2n) is 3.74. The highest BCUT2D eigenvalue weighted by Crippen LogP contribution is 2.16. The number of benzene rings is 2. The van der Waals surface area contributed by atoms with Gasteiger partial charge in [-0.3, -0.25) is 4.79 Å². The quantitative estimate of drug-likeness (QED) is 0.591. The summed E-state index contributed by atoms with van der Waals surface area (Å²) >= 11 is 5.55. The van der Waals surface area contributed by atoms with Crippen LogP contribution in [0.4, 0.5) is 4.39 Å². The molecule has 0 heterocycles. The van der Waals surface area contributed by atoms with Crippen LogP contribution in [0.1, 0.15) is 15.9 Å². The zero-order valence-corrected chi connectivity index (χ0v) is 10.2. The van der Waals surface area contributed by atoms with E-state index in [1.54, 1.807) is 6.08 Å². The summed E-state index contributed by atoms with van der Waals surface area (Å²) in [5.74, 6) is -0.843. The first-order valence-electron chi connectivity index (χ1n) is 5.39. The molecule has 0 aromatic heterocycles. The van der Waals surface area contributed by atoms with Gasteiger partial charge >= 0.3 is 0 Å². The minimum Gasteiger partial charge on any atom is -0.289 e. The van der Waals surface area contributed by atoms with Crippen LogP contribution in [0.2, 0.25) is 5.02 Å². The van der Waals surface area contributed by atoms with Crippen molar-refractivity contribution in [2.24, 2.45) is 0 Å². The zero-order valence-electron chi connectivity index (χ0n) is 9.44. The Labute approximate surface area is 110 Å². The Kier molecular flexibility index (Phi) is 3.90. The molecule has 1 nitrogen and oxygen atoms in total. The van der Waals surface area contributed by atoms with Crippen LogP contribution in [-0.4, -0.2) is 5.78 Å². The van der Waals surface area contributed by atoms with Crippen LogP contribution in [0.5, 0.6) is 0 Å². The highest BCUT2D eigenvalue weighted by molar-refractivity contribution is 6.30. The number of rotatable bonds is 3. The highest BCUT2D eigenvalue weighted by Gasteiger charge is 2.05. The summed E-state index contributed by atoms with van der Waals surface area (Å²) in [6.07, 6.45) is 3.10. The fourth-order valence-corrected chi connectivity index (χ4v) is 1.60. The molecule has 3 heteroatoms. The summed E-state index contributed by atoms with van der Waals surface area (Å²) in [5, 5.41) is 0.0126. The lowest BCUT2D eigenvalue weighted by Gasteiger charge is -1.98. The molecule has 0 N–H and O–H groups in total. The molecule has 2 aromatic carbocycles. The molecule has 0 unspecified atom stereocenters. The predicted molar refractivity (Wildman–Crippen MR) is 71.2 cm³/mol. The van der Waals surface area contributed by atoms with E-state index < -0.39 is 5.82 Å². The van der Waals surface area contributed by atoms with Gasteiger partial charge in [-0.1, -0.05) is 48.0 Å². The topological polar surface area (TPSA) is 17.1 Å². The molecule has 0 atom stereocenters. The van der Waals surface area contributed by atoms with E-state index in [9.17, 15) is 9.18 Å². The lowest BCUT2D eigenvalue weighted by molar-refractivity contribution is 0.104. The largest absolute Gasteiger partial charge is 0.289 e. The van der Waals surface area contributed by atoms with E-state index in [4.69, 9.17) is 11.6 Å². The van der Waals surface area contributed by atoms with Gasteiger partial charge < -0.3 is 0 Å². The van der Waals surface area contributed by atoms with Gasteiger partial charge in [-0.25, -0.2) is 4.39 Å². The Bertz CT molecular complexity index is 591. The summed E-state index contributed by atoms with van der Waals surface area (Å²) < 4.78 is 13.2. The zero-order chi connectivity index (χ0) is 13.0. The molecule has 0 spiro atoms. The van der Waals surface area contributed by atoms with Crippen molar-refractivity contribution < 1.29 is 9.18 Å². The minimum absolute atomic E-state index is 0.0126. The smallest absolute Gasteiger partial charge is 0.185 e. The molecule has 90 valence electrons. The first-order chi connectivity index (χ1) is 8.66. The summed E-state index contributed by atoms with van der Waals surface area (Å²) in [5.41, 5.74) is 1.20. The highest BCUT2D eigenvalue weighted by atomic mass is 35.5. The van der Waals surface area contributed by atoms with E-state index >= 15 is 0 Å². The maximum Gasteiger partial charge on any atom is 0.185 e. The van der Waals surface area contributed by atoms with E-state index in [-0.39, 0.29) is 16.4 Å². The maximum atomic E-state index is 13.2. The summed E-state index contributed by atoms with van der Waals surface area (Å²) in [4.78, 5) is 11.8. The number of carbonyl (C=O) groups excluding carboxylic acids is 1. The Morgan fingerprint density at radius 1 is 1.11 bits per heavy atom. The average molecular weight is 261 g/mol. The average Bonchev–Trinajstić information content (AvgIpc) is 2.40. The second-order valence-corrected chi connectivity index (χ2v) is 4.14. The van der Waals surface area contributed by atoms with Crippen molar-refractivity contribution in [1.29, 1.82) is 0 Å². The Balaban J connectivity index is 2.17. The Morgan fingerprint density at radius 3 is 2.50 bits per heavy atom. The Hall–Kier alpha value is -1.93. The lowest BCUT2D eigenvalue weighted by Crippen LogP contribution is -1.95. The van der Waals surface area contributed by atoms with Gasteiger partial charge in [-0.15, -0.1) is 0 Å². The predicted octanol–water partition coefficient (Wildman–Crippen LogP) is 4.38. The van der Waals surface area contributed by atoms with Crippen molar-refractivity contribution in [3.8, 4) is 0 Å². The first kappa shape index (κ1) is 12.5. The monoisotopic (exact) mass is 260 g/mol. The number of carbonyl (C=O) groups is 1. The van der Waals surface area contributed by atoms with E-state index in [0.29, 0.717) is 0 Å². The van der Waals surface area contributed by atoms with Crippen LogP contribution in [0, 0.1) is 5.82 Å². The summed E-state index contributed by atoms with van der Waals surface area (Å²) in [6, 6.07) is 13.4. The summed E-state index contributed by atoms with van der Waals surface area (Å²) in [6.45, 7) is 0. The van der Waals surface area contributed by atoms with Gasteiger partial charge in [0, 0.05) is 5.56 Å². The van der Waals surface area contributed by atoms with Crippen LogP contribution in [0.15, 0.2) is 54.6 Å². The minimum atomic E-state index is -0.587. The van der Waals surface area contributed by atoms with Gasteiger partial charge in [0.05, 0.1) is 5.02 Å². The lowest BCUT2D eigenvalue weighted by atomic mass is 10.1. The van der Waals surface area contributed by atoms with E-state index in [1.165, 1.54) is 18.2 Å². The van der Waals surface area contributed by atoms with Crippen LogP contribution in [0.3, 0.4) is 0 Å². The van der Waals surface area contributed by atoms with Crippen LogP contribution in [-0.2, 0) is 0 Å². The van der Waals surface area contributed by atoms with Gasteiger partial charge in [0.2, 0.25) is 0 Å². The molecule has 0 radical (unpaired) electrons. The number of halogens is 2. The standard InChI is InChI=1S/C15H10ClFO/c16-13-8-7-12(10-14(13)17)15(18)9-6-11-4-2-1-3-5-11/h1-10H. The SMILES string of the molecule is O=C(C=Cc1ccccc1)c1ccc(Cl)c(F)c1. The van der Waals surface area contributed by atoms with Crippen molar-refractivity contribution >= 4 is 23.5 Å². The van der Waals surface area contributed by atoms with Crippen molar-refractivity contribution in [3.05, 3.63) is 76.6 Å².